The fourth-order valence-electron chi connectivity index (χ4n) is 2.47. The summed E-state index contributed by atoms with van der Waals surface area (Å²) in [5.41, 5.74) is -0.350. The topological polar surface area (TPSA) is 129 Å². The Labute approximate surface area is 123 Å². The van der Waals surface area contributed by atoms with E-state index in [0.29, 0.717) is 0 Å². The Morgan fingerprint density at radius 2 is 2.09 bits per heavy atom. The van der Waals surface area contributed by atoms with E-state index in [-0.39, 0.29) is 22.4 Å². The lowest BCUT2D eigenvalue weighted by Crippen LogP contribution is -2.33. The van der Waals surface area contributed by atoms with Crippen molar-refractivity contribution < 1.29 is 24.4 Å². The van der Waals surface area contributed by atoms with Crippen molar-refractivity contribution in [1.29, 1.82) is 0 Å². The second-order valence-corrected chi connectivity index (χ2v) is 5.15. The molecule has 8 nitrogen and oxygen atoms in total. The van der Waals surface area contributed by atoms with Gasteiger partial charge >= 0.3 is 0 Å². The number of aliphatic hydroxyl groups excluding tert-OH is 3. The summed E-state index contributed by atoms with van der Waals surface area (Å²) >= 11 is 0. The van der Waals surface area contributed by atoms with E-state index in [2.05, 4.69) is 15.0 Å². The number of aryl methyl sites for hydroxylation is 1. The zero-order valence-electron chi connectivity index (χ0n) is 11.5. The predicted molar refractivity (Wildman–Crippen MR) is 71.6 cm³/mol. The summed E-state index contributed by atoms with van der Waals surface area (Å²) < 4.78 is 18.7. The Balaban J connectivity index is 2.10. The van der Waals surface area contributed by atoms with Crippen molar-refractivity contribution >= 4 is 11.2 Å². The van der Waals surface area contributed by atoms with Crippen molar-refractivity contribution in [1.82, 2.24) is 15.0 Å². The molecule has 2 aromatic heterocycles. The van der Waals surface area contributed by atoms with E-state index >= 15 is 0 Å². The van der Waals surface area contributed by atoms with E-state index in [4.69, 9.17) is 9.84 Å². The minimum Gasteiger partial charge on any atom is -0.394 e. The summed E-state index contributed by atoms with van der Waals surface area (Å²) in [7, 11) is 0. The zero-order chi connectivity index (χ0) is 16.0. The largest absolute Gasteiger partial charge is 0.394 e. The molecule has 1 aliphatic heterocycles. The van der Waals surface area contributed by atoms with Gasteiger partial charge < -0.3 is 25.0 Å². The van der Waals surface area contributed by atoms with Gasteiger partial charge in [0.2, 0.25) is 5.95 Å². The molecule has 1 fully saturated rings. The Kier molecular flexibility index (Phi) is 3.65. The number of hydrogen-bond acceptors (Lipinski definition) is 7. The maximum atomic E-state index is 13.4. The second kappa shape index (κ2) is 5.36. The first kappa shape index (κ1) is 15.0. The lowest BCUT2D eigenvalue weighted by molar-refractivity contribution is -0.0231. The van der Waals surface area contributed by atoms with Crippen molar-refractivity contribution in [3.05, 3.63) is 33.6 Å². The van der Waals surface area contributed by atoms with Gasteiger partial charge in [0, 0.05) is 0 Å². The van der Waals surface area contributed by atoms with Crippen molar-refractivity contribution in [3.63, 3.8) is 0 Å². The van der Waals surface area contributed by atoms with Gasteiger partial charge in [0.15, 0.2) is 5.65 Å². The number of nitrogens with zero attached hydrogens (tertiary/aromatic N) is 2. The summed E-state index contributed by atoms with van der Waals surface area (Å²) in [6.45, 7) is 0.934. The average molecular weight is 311 g/mol. The first-order chi connectivity index (χ1) is 10.4. The van der Waals surface area contributed by atoms with E-state index in [0.717, 1.165) is 0 Å². The van der Waals surface area contributed by atoms with Crippen LogP contribution in [0.25, 0.3) is 11.2 Å². The van der Waals surface area contributed by atoms with Gasteiger partial charge in [-0.3, -0.25) is 4.79 Å². The first-order valence-electron chi connectivity index (χ1n) is 6.62. The minimum absolute atomic E-state index is 0.0234. The van der Waals surface area contributed by atoms with Gasteiger partial charge in [-0.05, 0) is 13.0 Å². The molecule has 0 amide bonds. The molecule has 4 N–H and O–H groups in total. The van der Waals surface area contributed by atoms with Crippen LogP contribution in [0.15, 0.2) is 10.9 Å². The molecule has 3 rings (SSSR count). The van der Waals surface area contributed by atoms with Crippen molar-refractivity contribution in [2.24, 2.45) is 0 Å². The van der Waals surface area contributed by atoms with E-state index in [1.165, 1.54) is 13.0 Å². The highest BCUT2D eigenvalue weighted by atomic mass is 19.1. The Morgan fingerprint density at radius 3 is 2.73 bits per heavy atom. The predicted octanol–water partition coefficient (Wildman–Crippen LogP) is -1.08. The quantitative estimate of drug-likeness (QED) is 0.555. The Morgan fingerprint density at radius 1 is 1.36 bits per heavy atom. The normalized spacial score (nSPS) is 28.4. The van der Waals surface area contributed by atoms with Crippen LogP contribution in [0, 0.1) is 12.9 Å². The van der Waals surface area contributed by atoms with Crippen LogP contribution < -0.4 is 5.56 Å². The third kappa shape index (κ3) is 2.28. The Hall–Kier alpha value is -1.94. The standard InChI is InChI=1S/C13H14FN3O5/c1-4-11(14)16-12-6(15-4)2-5(13(21)17-12)10-9(20)8(19)7(3-18)22-10/h2,7-10,18-20H,3H2,1H3,(H,16,17,21). The molecule has 22 heavy (non-hydrogen) atoms. The highest BCUT2D eigenvalue weighted by Gasteiger charge is 2.44. The third-order valence-electron chi connectivity index (χ3n) is 3.67. The summed E-state index contributed by atoms with van der Waals surface area (Å²) in [5, 5.41) is 28.8. The number of H-pyrrole nitrogens is 1. The van der Waals surface area contributed by atoms with Gasteiger partial charge in [-0.1, -0.05) is 0 Å². The fourth-order valence-corrected chi connectivity index (χ4v) is 2.47. The number of fused-ring (bicyclic) bond motifs is 1. The molecule has 3 heterocycles. The molecule has 118 valence electrons. The number of ether oxygens (including phenoxy) is 1. The molecular formula is C13H14FN3O5. The summed E-state index contributed by atoms with van der Waals surface area (Å²) in [6.07, 6.45) is -4.79. The van der Waals surface area contributed by atoms with Gasteiger partial charge in [-0.2, -0.15) is 9.37 Å². The molecule has 0 bridgehead atoms. The number of rotatable bonds is 2. The van der Waals surface area contributed by atoms with E-state index < -0.39 is 42.5 Å². The molecule has 4 atom stereocenters. The number of pyridine rings is 1. The van der Waals surface area contributed by atoms with Crippen LogP contribution in [-0.4, -0.2) is 55.2 Å². The highest BCUT2D eigenvalue weighted by Crippen LogP contribution is 2.32. The molecule has 0 spiro atoms. The highest BCUT2D eigenvalue weighted by molar-refractivity contribution is 5.70. The molecule has 0 saturated carbocycles. The number of aromatic amines is 1. The molecule has 0 aliphatic carbocycles. The number of halogens is 1. The maximum Gasteiger partial charge on any atom is 0.255 e. The van der Waals surface area contributed by atoms with E-state index in [1.54, 1.807) is 0 Å². The van der Waals surface area contributed by atoms with Gasteiger partial charge in [0.05, 0.1) is 17.9 Å². The molecular weight excluding hydrogens is 297 g/mol. The van der Waals surface area contributed by atoms with Gasteiger partial charge in [-0.25, -0.2) is 4.98 Å². The first-order valence-corrected chi connectivity index (χ1v) is 6.62. The zero-order valence-corrected chi connectivity index (χ0v) is 11.5. The molecule has 9 heteroatoms. The maximum absolute atomic E-state index is 13.4. The van der Waals surface area contributed by atoms with Gasteiger partial charge in [-0.15, -0.1) is 0 Å². The minimum atomic E-state index is -1.37. The van der Waals surface area contributed by atoms with E-state index in [9.17, 15) is 19.4 Å². The molecule has 1 saturated heterocycles. The van der Waals surface area contributed by atoms with Crippen LogP contribution in [0.4, 0.5) is 4.39 Å². The monoisotopic (exact) mass is 311 g/mol. The summed E-state index contributed by atoms with van der Waals surface area (Å²) in [6, 6.07) is 1.33. The lowest BCUT2D eigenvalue weighted by atomic mass is 10.0. The van der Waals surface area contributed by atoms with Crippen LogP contribution >= 0.6 is 0 Å². The van der Waals surface area contributed by atoms with E-state index in [1.807, 2.05) is 0 Å². The molecule has 1 aliphatic rings. The average Bonchev–Trinajstić information content (AvgIpc) is 2.76. The fraction of sp³-hybridized carbons (Fsp3) is 0.462. The van der Waals surface area contributed by atoms with Gasteiger partial charge in [0.25, 0.3) is 5.56 Å². The Bertz CT molecular complexity index is 780. The van der Waals surface area contributed by atoms with Crippen molar-refractivity contribution in [2.75, 3.05) is 6.61 Å². The van der Waals surface area contributed by atoms with Crippen molar-refractivity contribution in [3.8, 4) is 0 Å². The number of nitrogens with one attached hydrogen (secondary N) is 1. The van der Waals surface area contributed by atoms with Crippen molar-refractivity contribution in [2.45, 2.75) is 31.3 Å². The number of hydrogen-bond donors (Lipinski definition) is 4. The number of aliphatic hydroxyl groups is 3. The van der Waals surface area contributed by atoms with Crippen LogP contribution in [0.2, 0.25) is 0 Å². The molecule has 4 unspecified atom stereocenters. The summed E-state index contributed by atoms with van der Waals surface area (Å²) in [5.74, 6) is -0.788. The van der Waals surface area contributed by atoms with Crippen LogP contribution in [0.5, 0.6) is 0 Å². The second-order valence-electron chi connectivity index (χ2n) is 5.15. The molecule has 0 radical (unpaired) electrons. The van der Waals surface area contributed by atoms with Crippen LogP contribution in [0.3, 0.4) is 0 Å². The molecule has 2 aromatic rings. The van der Waals surface area contributed by atoms with Crippen LogP contribution in [0.1, 0.15) is 17.4 Å². The summed E-state index contributed by atoms with van der Waals surface area (Å²) in [4.78, 5) is 22.0. The molecule has 0 aromatic carbocycles. The number of aromatic nitrogens is 3. The smallest absolute Gasteiger partial charge is 0.255 e. The third-order valence-corrected chi connectivity index (χ3v) is 3.67. The van der Waals surface area contributed by atoms with Gasteiger partial charge in [0.1, 0.15) is 29.9 Å². The lowest BCUT2D eigenvalue weighted by Gasteiger charge is -2.14. The van der Waals surface area contributed by atoms with Crippen LogP contribution in [-0.2, 0) is 4.74 Å². The SMILES string of the molecule is Cc1nc2cc(C3OC(CO)C(O)C3O)c(=O)[nH]c2nc1F.